The Kier molecular flexibility index (Phi) is 5.35. The first-order valence-corrected chi connectivity index (χ1v) is 15.8. The molecule has 0 saturated carbocycles. The van der Waals surface area contributed by atoms with Gasteiger partial charge in [0, 0.05) is 22.1 Å². The molecule has 47 heavy (non-hydrogen) atoms. The molecule has 3 nitrogen and oxygen atoms in total. The Labute approximate surface area is 270 Å². The molecule has 9 aromatic rings. The lowest BCUT2D eigenvalue weighted by molar-refractivity contribution is 0.487. The van der Waals surface area contributed by atoms with Crippen LogP contribution in [0.15, 0.2) is 146 Å². The van der Waals surface area contributed by atoms with E-state index in [1.165, 1.54) is 43.4 Å². The van der Waals surface area contributed by atoms with Crippen molar-refractivity contribution in [2.24, 2.45) is 0 Å². The van der Waals surface area contributed by atoms with Crippen LogP contribution in [0.25, 0.3) is 87.9 Å². The summed E-state index contributed by atoms with van der Waals surface area (Å²) in [6, 6.07) is 53.4. The van der Waals surface area contributed by atoms with Gasteiger partial charge in [0.05, 0.1) is 23.0 Å². The van der Waals surface area contributed by atoms with Crippen LogP contribution in [0.1, 0.15) is 5.56 Å². The molecule has 0 unspecified atom stereocenters. The highest BCUT2D eigenvalue weighted by molar-refractivity contribution is 6.25. The van der Waals surface area contributed by atoms with Gasteiger partial charge in [0.2, 0.25) is 0 Å². The molecule has 2 heterocycles. The van der Waals surface area contributed by atoms with E-state index in [2.05, 4.69) is 121 Å². The van der Waals surface area contributed by atoms with Gasteiger partial charge in [0.15, 0.2) is 0 Å². The van der Waals surface area contributed by atoms with E-state index >= 15 is 0 Å². The Hall–Kier alpha value is -6.50. The topological polar surface area (TPSA) is 45.9 Å². The molecular formula is C44H24N2O. The fourth-order valence-electron chi connectivity index (χ4n) is 7.46. The summed E-state index contributed by atoms with van der Waals surface area (Å²) in [5.74, 6) is 1.54. The number of benzene rings is 8. The number of nitriles is 1. The molecule has 216 valence electrons. The van der Waals surface area contributed by atoms with Gasteiger partial charge in [-0.25, -0.2) is 4.98 Å². The zero-order valence-corrected chi connectivity index (χ0v) is 25.2. The van der Waals surface area contributed by atoms with Crippen molar-refractivity contribution < 1.29 is 4.74 Å². The van der Waals surface area contributed by atoms with Crippen LogP contribution in [-0.4, -0.2) is 4.98 Å². The third-order valence-corrected chi connectivity index (χ3v) is 9.58. The minimum absolute atomic E-state index is 0.593. The van der Waals surface area contributed by atoms with Gasteiger partial charge in [-0.1, -0.05) is 84.9 Å². The van der Waals surface area contributed by atoms with Gasteiger partial charge in [-0.05, 0) is 115 Å². The number of aromatic nitrogens is 1. The largest absolute Gasteiger partial charge is 0.456 e. The first-order valence-electron chi connectivity index (χ1n) is 15.8. The highest BCUT2D eigenvalue weighted by Gasteiger charge is 2.22. The van der Waals surface area contributed by atoms with Gasteiger partial charge in [0.25, 0.3) is 0 Å². The summed E-state index contributed by atoms with van der Waals surface area (Å²) in [6.07, 6.45) is 0. The maximum Gasteiger partial charge on any atom is 0.136 e. The Morgan fingerprint density at radius 1 is 0.447 bits per heavy atom. The van der Waals surface area contributed by atoms with Crippen molar-refractivity contribution in [2.45, 2.75) is 0 Å². The third-order valence-electron chi connectivity index (χ3n) is 9.58. The second-order valence-corrected chi connectivity index (χ2v) is 12.3. The summed E-state index contributed by atoms with van der Waals surface area (Å²) in [6.45, 7) is 0. The van der Waals surface area contributed by atoms with Crippen LogP contribution in [-0.2, 0) is 0 Å². The normalized spacial score (nSPS) is 12.0. The van der Waals surface area contributed by atoms with Gasteiger partial charge in [-0.2, -0.15) is 5.26 Å². The molecule has 0 saturated heterocycles. The fraction of sp³-hybridized carbons (Fsp3) is 0. The molecule has 0 N–H and O–H groups in total. The fourth-order valence-corrected chi connectivity index (χ4v) is 7.46. The molecule has 1 aliphatic heterocycles. The van der Waals surface area contributed by atoms with Gasteiger partial charge in [0.1, 0.15) is 11.5 Å². The molecule has 1 aliphatic rings. The lowest BCUT2D eigenvalue weighted by atomic mass is 9.87. The zero-order chi connectivity index (χ0) is 31.1. The number of fused-ring (bicyclic) bond motifs is 2. The van der Waals surface area contributed by atoms with E-state index in [0.29, 0.717) is 5.56 Å². The van der Waals surface area contributed by atoms with E-state index in [-0.39, 0.29) is 0 Å². The molecule has 0 aliphatic carbocycles. The van der Waals surface area contributed by atoms with Crippen LogP contribution in [0.3, 0.4) is 0 Å². The van der Waals surface area contributed by atoms with Crippen LogP contribution in [0, 0.1) is 11.3 Å². The number of ether oxygens (including phenoxy) is 1. The van der Waals surface area contributed by atoms with Crippen LogP contribution in [0.2, 0.25) is 0 Å². The molecule has 3 heteroatoms. The minimum Gasteiger partial charge on any atom is -0.456 e. The molecule has 0 bridgehead atoms. The first-order chi connectivity index (χ1) is 23.2. The number of hydrogen-bond donors (Lipinski definition) is 0. The molecule has 1 aromatic heterocycles. The van der Waals surface area contributed by atoms with Crippen molar-refractivity contribution in [3.63, 3.8) is 0 Å². The standard InChI is InChI=1S/C44H24N2O/c45-25-26-12-17-35-37-19-18-34(36-8-4-11-40(44(36)37)47-41(35)20-26)32-21-28-13-15-30-23-33(24-31-16-14-29(22-32)42(28)43(30)31)39-10-5-9-38(46-39)27-6-2-1-3-7-27/h1-24H. The number of rotatable bonds is 3. The molecule has 10 rings (SSSR count). The minimum atomic E-state index is 0.593. The van der Waals surface area contributed by atoms with E-state index in [1.807, 2.05) is 30.3 Å². The van der Waals surface area contributed by atoms with E-state index in [1.54, 1.807) is 0 Å². The SMILES string of the molecule is N#Cc1ccc2c(c1)Oc1cccc3c(-c4cc5ccc6cc(-c7cccc(-c8ccccc8)n7)cc7ccc(c4)c5c67)ccc-2c13. The van der Waals surface area contributed by atoms with Crippen molar-refractivity contribution in [2.75, 3.05) is 0 Å². The van der Waals surface area contributed by atoms with E-state index < -0.39 is 0 Å². The molecule has 0 fully saturated rings. The average Bonchev–Trinajstić information content (AvgIpc) is 3.13. The Bertz CT molecular complexity index is 2710. The van der Waals surface area contributed by atoms with Crippen LogP contribution in [0.4, 0.5) is 0 Å². The van der Waals surface area contributed by atoms with Gasteiger partial charge in [-0.15, -0.1) is 0 Å². The Morgan fingerprint density at radius 2 is 1.06 bits per heavy atom. The average molecular weight is 597 g/mol. The molecule has 0 atom stereocenters. The van der Waals surface area contributed by atoms with E-state index in [4.69, 9.17) is 9.72 Å². The molecule has 8 aromatic carbocycles. The highest BCUT2D eigenvalue weighted by Crippen LogP contribution is 2.49. The van der Waals surface area contributed by atoms with Crippen LogP contribution < -0.4 is 4.74 Å². The van der Waals surface area contributed by atoms with Crippen molar-refractivity contribution in [3.05, 3.63) is 151 Å². The van der Waals surface area contributed by atoms with Crippen LogP contribution >= 0.6 is 0 Å². The number of nitrogens with zero attached hydrogens (tertiary/aromatic N) is 2. The third kappa shape index (κ3) is 3.89. The summed E-state index contributed by atoms with van der Waals surface area (Å²) in [5, 5.41) is 19.1. The van der Waals surface area contributed by atoms with E-state index in [9.17, 15) is 5.26 Å². The van der Waals surface area contributed by atoms with Crippen molar-refractivity contribution >= 4 is 43.1 Å². The molecule has 0 radical (unpaired) electrons. The quantitative estimate of drug-likeness (QED) is 0.191. The van der Waals surface area contributed by atoms with Gasteiger partial charge in [-0.3, -0.25) is 0 Å². The molecule has 0 amide bonds. The summed E-state index contributed by atoms with van der Waals surface area (Å²) in [5.41, 5.74) is 9.25. The summed E-state index contributed by atoms with van der Waals surface area (Å²) < 4.78 is 6.36. The van der Waals surface area contributed by atoms with Crippen LogP contribution in [0.5, 0.6) is 11.5 Å². The summed E-state index contributed by atoms with van der Waals surface area (Å²) in [7, 11) is 0. The number of pyridine rings is 1. The second kappa shape index (κ2) is 9.75. The smallest absolute Gasteiger partial charge is 0.136 e. The highest BCUT2D eigenvalue weighted by atomic mass is 16.5. The summed E-state index contributed by atoms with van der Waals surface area (Å²) >= 11 is 0. The molecular weight excluding hydrogens is 572 g/mol. The zero-order valence-electron chi connectivity index (χ0n) is 25.2. The lowest BCUT2D eigenvalue weighted by Gasteiger charge is -2.23. The maximum atomic E-state index is 9.42. The summed E-state index contributed by atoms with van der Waals surface area (Å²) in [4.78, 5) is 5.04. The predicted octanol–water partition coefficient (Wildman–Crippen LogP) is 11.8. The second-order valence-electron chi connectivity index (χ2n) is 12.3. The number of hydrogen-bond acceptors (Lipinski definition) is 3. The maximum absolute atomic E-state index is 9.42. The van der Waals surface area contributed by atoms with Crippen molar-refractivity contribution in [1.29, 1.82) is 5.26 Å². The van der Waals surface area contributed by atoms with Gasteiger partial charge >= 0.3 is 0 Å². The van der Waals surface area contributed by atoms with E-state index in [0.717, 1.165) is 55.9 Å². The molecule has 0 spiro atoms. The van der Waals surface area contributed by atoms with Crippen molar-refractivity contribution in [1.82, 2.24) is 4.98 Å². The Morgan fingerprint density at radius 3 is 1.77 bits per heavy atom. The Balaban J connectivity index is 1.11. The van der Waals surface area contributed by atoms with Crippen molar-refractivity contribution in [3.8, 4) is 62.3 Å². The van der Waals surface area contributed by atoms with Gasteiger partial charge < -0.3 is 4.74 Å². The lowest BCUT2D eigenvalue weighted by Crippen LogP contribution is -1.98. The predicted molar refractivity (Wildman–Crippen MR) is 192 cm³/mol. The first kappa shape index (κ1) is 25.8. The monoisotopic (exact) mass is 596 g/mol.